The quantitative estimate of drug-likeness (QED) is 0.859. The molecule has 0 N–H and O–H groups in total. The number of carbonyl (C=O) groups is 1. The normalized spacial score (nSPS) is 17.3. The smallest absolute Gasteiger partial charge is 0.170 e. The van der Waals surface area contributed by atoms with Gasteiger partial charge < -0.3 is 4.74 Å². The van der Waals surface area contributed by atoms with Crippen molar-refractivity contribution >= 4 is 17.4 Å². The Kier molecular flexibility index (Phi) is 4.04. The van der Waals surface area contributed by atoms with Crippen molar-refractivity contribution in [3.8, 4) is 0 Å². The second kappa shape index (κ2) is 5.96. The lowest BCUT2D eigenvalue weighted by Gasteiger charge is -2.25. The van der Waals surface area contributed by atoms with Crippen molar-refractivity contribution < 1.29 is 13.9 Å². The summed E-state index contributed by atoms with van der Waals surface area (Å²) in [4.78, 5) is 12.5. The summed E-state index contributed by atoms with van der Waals surface area (Å²) in [7, 11) is 0. The van der Waals surface area contributed by atoms with Gasteiger partial charge in [0.25, 0.3) is 0 Å². The van der Waals surface area contributed by atoms with Gasteiger partial charge in [0.05, 0.1) is 6.61 Å². The van der Waals surface area contributed by atoms with Gasteiger partial charge in [-0.15, -0.1) is 0 Å². The van der Waals surface area contributed by atoms with Gasteiger partial charge in [0.2, 0.25) is 0 Å². The Hall–Kier alpha value is -1.71. The minimum Gasteiger partial charge on any atom is -0.365 e. The average Bonchev–Trinajstić information content (AvgIpc) is 2.50. The number of carbonyl (C=O) groups excluding carboxylic acids is 1. The Labute approximate surface area is 127 Å². The molecule has 0 saturated carbocycles. The molecule has 0 saturated heterocycles. The van der Waals surface area contributed by atoms with Gasteiger partial charge in [0, 0.05) is 11.4 Å². The summed E-state index contributed by atoms with van der Waals surface area (Å²) in [5, 5.41) is 0.421. The molecule has 0 fully saturated rings. The van der Waals surface area contributed by atoms with Crippen LogP contribution in [0, 0.1) is 5.82 Å². The molecule has 0 bridgehead atoms. The fraction of sp³-hybridized carbons (Fsp3) is 0.235. The molecule has 0 aromatic heterocycles. The third kappa shape index (κ3) is 2.99. The minimum atomic E-state index is -0.617. The summed E-state index contributed by atoms with van der Waals surface area (Å²) in [6.07, 6.45) is 0.157. The van der Waals surface area contributed by atoms with Crippen LogP contribution >= 0.6 is 11.6 Å². The van der Waals surface area contributed by atoms with E-state index in [9.17, 15) is 9.18 Å². The highest BCUT2D eigenvalue weighted by Crippen LogP contribution is 2.29. The van der Waals surface area contributed by atoms with Crippen LogP contribution in [0.15, 0.2) is 42.5 Å². The summed E-state index contributed by atoms with van der Waals surface area (Å²) in [5.74, 6) is -0.569. The first-order valence-electron chi connectivity index (χ1n) is 6.81. The van der Waals surface area contributed by atoms with Crippen molar-refractivity contribution in [2.24, 2.45) is 0 Å². The van der Waals surface area contributed by atoms with Crippen molar-refractivity contribution in [1.29, 1.82) is 0 Å². The molecule has 2 aromatic carbocycles. The molecule has 3 rings (SSSR count). The van der Waals surface area contributed by atoms with E-state index in [1.165, 1.54) is 18.2 Å². The second-order valence-electron chi connectivity index (χ2n) is 5.08. The Morgan fingerprint density at radius 2 is 2.10 bits per heavy atom. The van der Waals surface area contributed by atoms with Crippen molar-refractivity contribution in [3.63, 3.8) is 0 Å². The van der Waals surface area contributed by atoms with Crippen LogP contribution in [0.5, 0.6) is 0 Å². The second-order valence-corrected chi connectivity index (χ2v) is 5.51. The largest absolute Gasteiger partial charge is 0.365 e. The summed E-state index contributed by atoms with van der Waals surface area (Å²) >= 11 is 5.86. The molecule has 0 amide bonds. The number of hydrogen-bond acceptors (Lipinski definition) is 2. The van der Waals surface area contributed by atoms with E-state index >= 15 is 0 Å². The topological polar surface area (TPSA) is 26.3 Å². The van der Waals surface area contributed by atoms with E-state index in [0.717, 1.165) is 17.5 Å². The number of fused-ring (bicyclic) bond motifs is 1. The highest BCUT2D eigenvalue weighted by Gasteiger charge is 2.27. The zero-order valence-corrected chi connectivity index (χ0v) is 12.1. The van der Waals surface area contributed by atoms with Crippen molar-refractivity contribution in [1.82, 2.24) is 0 Å². The number of benzene rings is 2. The first-order valence-corrected chi connectivity index (χ1v) is 7.19. The van der Waals surface area contributed by atoms with Gasteiger partial charge in [-0.3, -0.25) is 4.79 Å². The molecule has 0 radical (unpaired) electrons. The van der Waals surface area contributed by atoms with E-state index in [-0.39, 0.29) is 12.2 Å². The van der Waals surface area contributed by atoms with Gasteiger partial charge >= 0.3 is 0 Å². The summed E-state index contributed by atoms with van der Waals surface area (Å²) < 4.78 is 19.3. The first-order chi connectivity index (χ1) is 10.1. The molecule has 1 heterocycles. The summed E-state index contributed by atoms with van der Waals surface area (Å²) in [6.45, 7) is 0.505. The number of ether oxygens (including phenoxy) is 1. The standard InChI is InChI=1S/C17H14ClFO2/c18-13-5-6-15(19)12(9-13)10-16(20)17-14-4-2-1-3-11(14)7-8-21-17/h1-6,9,17H,7-8,10H2. The van der Waals surface area contributed by atoms with Gasteiger partial charge in [-0.2, -0.15) is 0 Å². The highest BCUT2D eigenvalue weighted by molar-refractivity contribution is 6.30. The van der Waals surface area contributed by atoms with Crippen LogP contribution in [0.4, 0.5) is 4.39 Å². The molecule has 0 spiro atoms. The molecule has 1 aliphatic rings. The minimum absolute atomic E-state index is 0.0224. The fourth-order valence-corrected chi connectivity index (χ4v) is 2.81. The monoisotopic (exact) mass is 304 g/mol. The van der Waals surface area contributed by atoms with Crippen LogP contribution < -0.4 is 0 Å². The van der Waals surface area contributed by atoms with Crippen LogP contribution in [0.2, 0.25) is 5.02 Å². The number of ketones is 1. The number of halogens is 2. The highest BCUT2D eigenvalue weighted by atomic mass is 35.5. The zero-order valence-electron chi connectivity index (χ0n) is 11.3. The van der Waals surface area contributed by atoms with Crippen molar-refractivity contribution in [2.45, 2.75) is 18.9 Å². The van der Waals surface area contributed by atoms with E-state index in [1.807, 2.05) is 24.3 Å². The molecule has 2 aromatic rings. The zero-order chi connectivity index (χ0) is 14.8. The van der Waals surface area contributed by atoms with E-state index in [0.29, 0.717) is 17.2 Å². The average molecular weight is 305 g/mol. The Morgan fingerprint density at radius 3 is 2.95 bits per heavy atom. The molecule has 4 heteroatoms. The molecule has 1 aliphatic heterocycles. The van der Waals surface area contributed by atoms with Gasteiger partial charge in [-0.05, 0) is 41.3 Å². The SMILES string of the molecule is O=C(Cc1cc(Cl)ccc1F)C1OCCc2ccccc21. The van der Waals surface area contributed by atoms with E-state index < -0.39 is 11.9 Å². The molecule has 1 unspecified atom stereocenters. The predicted molar refractivity (Wildman–Crippen MR) is 79.0 cm³/mol. The Balaban J connectivity index is 1.85. The number of Topliss-reactive ketones (excluding diaryl/α,β-unsaturated/α-hetero) is 1. The van der Waals surface area contributed by atoms with Crippen LogP contribution in [0.3, 0.4) is 0 Å². The number of hydrogen-bond donors (Lipinski definition) is 0. The molecule has 2 nitrogen and oxygen atoms in total. The predicted octanol–water partition coefficient (Wildman–Crippen LogP) is 3.90. The van der Waals surface area contributed by atoms with Gasteiger partial charge in [0.1, 0.15) is 11.9 Å². The molecule has 21 heavy (non-hydrogen) atoms. The van der Waals surface area contributed by atoms with Gasteiger partial charge in [-0.1, -0.05) is 35.9 Å². The summed E-state index contributed by atoms with van der Waals surface area (Å²) in [5.41, 5.74) is 2.31. The molecular weight excluding hydrogens is 291 g/mol. The van der Waals surface area contributed by atoms with Gasteiger partial charge in [-0.25, -0.2) is 4.39 Å². The van der Waals surface area contributed by atoms with Crippen LogP contribution in [-0.4, -0.2) is 12.4 Å². The lowest BCUT2D eigenvalue weighted by molar-refractivity contribution is -0.131. The molecule has 108 valence electrons. The van der Waals surface area contributed by atoms with Crippen LogP contribution in [-0.2, 0) is 22.4 Å². The lowest BCUT2D eigenvalue weighted by atomic mass is 9.93. The van der Waals surface area contributed by atoms with E-state index in [4.69, 9.17) is 16.3 Å². The first kappa shape index (κ1) is 14.2. The maximum atomic E-state index is 13.7. The van der Waals surface area contributed by atoms with Crippen molar-refractivity contribution in [2.75, 3.05) is 6.61 Å². The van der Waals surface area contributed by atoms with E-state index in [1.54, 1.807) is 0 Å². The maximum absolute atomic E-state index is 13.7. The van der Waals surface area contributed by atoms with Crippen LogP contribution in [0.25, 0.3) is 0 Å². The Bertz CT molecular complexity index is 684. The number of rotatable bonds is 3. The molecule has 0 aliphatic carbocycles. The van der Waals surface area contributed by atoms with Crippen molar-refractivity contribution in [3.05, 3.63) is 70.0 Å². The third-order valence-corrected chi connectivity index (χ3v) is 3.89. The molecule has 1 atom stereocenters. The van der Waals surface area contributed by atoms with E-state index in [2.05, 4.69) is 0 Å². The third-order valence-electron chi connectivity index (χ3n) is 3.66. The summed E-state index contributed by atoms with van der Waals surface area (Å²) in [6, 6.07) is 12.0. The van der Waals surface area contributed by atoms with Gasteiger partial charge in [0.15, 0.2) is 5.78 Å². The lowest BCUT2D eigenvalue weighted by Crippen LogP contribution is -2.24. The molecular formula is C17H14ClFO2. The Morgan fingerprint density at radius 1 is 1.29 bits per heavy atom. The maximum Gasteiger partial charge on any atom is 0.170 e. The van der Waals surface area contributed by atoms with Crippen LogP contribution in [0.1, 0.15) is 22.8 Å². The fourth-order valence-electron chi connectivity index (χ4n) is 2.62.